The standard InChI is InChI=1S/C46H29N6O6S.2C2H4O2.2Hg/c53-43-39(27-29-11-7-9-17-37(29)41(43)51-49-33-13-3-1-4-14-33)45(55)47-31-19-23-35(24-20-31)59(57,58)36-25-21-32(22-26-36)48-46(56)40-28-30-12-8-10-18-38(30)42(44(40)54)52-50-34-15-5-2-6-16-34;2*1-2(3)4;;/h3-28,53H,(H,47,55)(H,48,56);2*1H3,(H,3,4);;/q-1;;;2*+1/p-1. The van der Waals surface area contributed by atoms with Crippen LogP contribution >= 0.6 is 0 Å². The fourth-order valence-electron chi connectivity index (χ4n) is 6.23. The summed E-state index contributed by atoms with van der Waals surface area (Å²) in [5, 5.41) is 52.7. The summed E-state index contributed by atoms with van der Waals surface area (Å²) in [6.45, 7) is 2.17. The quantitative estimate of drug-likeness (QED) is 0.0437. The van der Waals surface area contributed by atoms with E-state index in [2.05, 4.69) is 42.9 Å². The maximum Gasteiger partial charge on any atom is 1.00 e. The molecule has 6 aromatic rings. The number of anilines is 2. The van der Waals surface area contributed by atoms with E-state index in [0.717, 1.165) is 13.8 Å². The molecule has 2 amide bonds. The molecule has 0 bridgehead atoms. The minimum absolute atomic E-state index is 0. The van der Waals surface area contributed by atoms with Crippen LogP contribution in [0.1, 0.15) is 34.6 Å². The molecule has 8 rings (SSSR count). The first-order valence-corrected chi connectivity index (χ1v) is 21.3. The molecule has 4 N–H and O–H groups in total. The van der Waals surface area contributed by atoms with Gasteiger partial charge in [-0.2, -0.15) is 10.2 Å². The average Bonchev–Trinajstić information content (AvgIpc) is 3.31. The number of hydrogen-bond acceptors (Lipinski definition) is 12. The van der Waals surface area contributed by atoms with Gasteiger partial charge in [-0.15, -0.1) is 63.8 Å². The Hall–Kier alpha value is -7.40. The van der Waals surface area contributed by atoms with Crippen molar-refractivity contribution >= 4 is 77.9 Å². The predicted molar refractivity (Wildman–Crippen MR) is 249 cm³/mol. The number of carboxylic acids is 2. The third-order valence-corrected chi connectivity index (χ3v) is 11.0. The van der Waals surface area contributed by atoms with Crippen molar-refractivity contribution in [3.05, 3.63) is 203 Å². The average molecular weight is 1310 g/mol. The second-order valence-corrected chi connectivity index (χ2v) is 16.0. The summed E-state index contributed by atoms with van der Waals surface area (Å²) in [6.07, 6.45) is 16.3. The molecule has 0 fully saturated rings. The van der Waals surface area contributed by atoms with Crippen LogP contribution in [0, 0.1) is 12.5 Å². The van der Waals surface area contributed by atoms with Gasteiger partial charge in [-0.25, -0.2) is 8.42 Å². The fraction of sp³-hybridized carbons (Fsp3) is 0.0400. The van der Waals surface area contributed by atoms with Gasteiger partial charge >= 0.3 is 55.3 Å². The second-order valence-electron chi connectivity index (χ2n) is 14.1. The van der Waals surface area contributed by atoms with Crippen molar-refractivity contribution in [2.45, 2.75) is 23.6 Å². The smallest absolute Gasteiger partial charge is 0.870 e. The van der Waals surface area contributed by atoms with Gasteiger partial charge in [0.05, 0.1) is 27.6 Å². The van der Waals surface area contributed by atoms with Crippen LogP contribution in [-0.2, 0) is 74.8 Å². The summed E-state index contributed by atoms with van der Waals surface area (Å²) < 4.78 is 27.2. The molecule has 16 nitrogen and oxygen atoms in total. The third kappa shape index (κ3) is 14.3. The first-order valence-electron chi connectivity index (χ1n) is 19.8. The van der Waals surface area contributed by atoms with E-state index >= 15 is 0 Å². The first kappa shape index (κ1) is 54.2. The molecule has 0 unspecified atom stereocenters. The summed E-state index contributed by atoms with van der Waals surface area (Å²) in [7, 11) is -4.04. The number of aliphatic carboxylic acids is 2. The van der Waals surface area contributed by atoms with Crippen LogP contribution in [0.3, 0.4) is 0 Å². The molecule has 2 radical (unpaired) electrons. The van der Waals surface area contributed by atoms with Gasteiger partial charge in [0.2, 0.25) is 15.7 Å². The number of allylic oxidation sites excluding steroid dienone is 7. The van der Waals surface area contributed by atoms with Crippen molar-refractivity contribution in [3.63, 3.8) is 0 Å². The van der Waals surface area contributed by atoms with Crippen molar-refractivity contribution in [3.8, 4) is 5.75 Å². The molecular formula is C50H36Hg2N6O10S. The number of fused-ring (bicyclic) bond motifs is 2. The maximum atomic E-state index is 13.6. The molecule has 0 atom stereocenters. The topological polar surface area (TPSA) is 257 Å². The predicted octanol–water partition coefficient (Wildman–Crippen LogP) is 9.45. The number of carbonyl (C=O) groups is 4. The number of carbonyl (C=O) groups excluding carboxylic acids is 2. The molecule has 336 valence electrons. The molecule has 0 aromatic heterocycles. The largest absolute Gasteiger partial charge is 1.00 e. The van der Waals surface area contributed by atoms with E-state index in [1.54, 1.807) is 97.5 Å². The van der Waals surface area contributed by atoms with E-state index in [1.807, 2.05) is 0 Å². The van der Waals surface area contributed by atoms with Crippen molar-refractivity contribution in [2.75, 3.05) is 10.6 Å². The minimum Gasteiger partial charge on any atom is -0.870 e. The minimum atomic E-state index is -4.04. The van der Waals surface area contributed by atoms with E-state index in [0.29, 0.717) is 32.9 Å². The molecule has 0 spiro atoms. The maximum absolute atomic E-state index is 13.6. The van der Waals surface area contributed by atoms with E-state index in [9.17, 15) is 27.9 Å². The second kappa shape index (κ2) is 25.1. The zero-order chi connectivity index (χ0) is 48.1. The number of sulfone groups is 1. The van der Waals surface area contributed by atoms with Crippen molar-refractivity contribution < 1.29 is 98.3 Å². The van der Waals surface area contributed by atoms with E-state index in [1.165, 1.54) is 60.7 Å². The molecule has 69 heavy (non-hydrogen) atoms. The number of amides is 2. The van der Waals surface area contributed by atoms with Gasteiger partial charge in [0.15, 0.2) is 5.70 Å². The van der Waals surface area contributed by atoms with Gasteiger partial charge in [-0.05, 0) is 65.7 Å². The summed E-state index contributed by atoms with van der Waals surface area (Å²) in [4.78, 5) is 58.2. The van der Waals surface area contributed by atoms with E-state index in [4.69, 9.17) is 19.8 Å². The molecule has 6 aromatic carbocycles. The Morgan fingerprint density at radius 1 is 0.739 bits per heavy atom. The monoisotopic (exact) mass is 1320 g/mol. The van der Waals surface area contributed by atoms with Crippen LogP contribution in [0.5, 0.6) is 5.75 Å². The summed E-state index contributed by atoms with van der Waals surface area (Å²) in [5.41, 5.74) is 3.47. The molecule has 0 saturated carbocycles. The number of rotatable bonds is 10. The molecule has 0 saturated heterocycles. The zero-order valence-electron chi connectivity index (χ0n) is 36.8. The Morgan fingerprint density at radius 2 is 1.29 bits per heavy atom. The van der Waals surface area contributed by atoms with Crippen LogP contribution in [0.25, 0.3) is 21.5 Å². The van der Waals surface area contributed by atoms with E-state index in [-0.39, 0.29) is 99.0 Å². The van der Waals surface area contributed by atoms with Gasteiger partial charge < -0.3 is 30.7 Å². The van der Waals surface area contributed by atoms with Crippen LogP contribution in [0.15, 0.2) is 204 Å². The van der Waals surface area contributed by atoms with Gasteiger partial charge in [0, 0.05) is 53.5 Å². The number of azo groups is 2. The van der Waals surface area contributed by atoms with Crippen LogP contribution in [-0.4, -0.2) is 42.4 Å². The first-order chi connectivity index (χ1) is 32.1. The molecule has 0 heterocycles. The number of benzene rings is 6. The summed E-state index contributed by atoms with van der Waals surface area (Å²) in [5.74, 6) is -3.70. The molecule has 19 heteroatoms. The number of nitrogens with one attached hydrogen (secondary N) is 2. The summed E-state index contributed by atoms with van der Waals surface area (Å²) >= 11 is 0. The van der Waals surface area contributed by atoms with Crippen molar-refractivity contribution in [1.29, 1.82) is 0 Å². The molecular weight excluding hydrogens is 1280 g/mol. The third-order valence-electron chi connectivity index (χ3n) is 9.22. The Balaban J connectivity index is 0.000000964. The number of carboxylic acid groups (broad SMARTS) is 2. The van der Waals surface area contributed by atoms with Crippen LogP contribution < -0.4 is 21.2 Å². The Labute approximate surface area is 435 Å². The van der Waals surface area contributed by atoms with Gasteiger partial charge in [0.1, 0.15) is 17.6 Å². The Morgan fingerprint density at radius 3 is 1.86 bits per heavy atom. The molecule has 2 aliphatic carbocycles. The number of hydrogen-bond donors (Lipinski definition) is 4. The molecule has 2 aliphatic rings. The van der Waals surface area contributed by atoms with Gasteiger partial charge in [-0.1, -0.05) is 42.1 Å². The molecule has 0 aliphatic heterocycles. The van der Waals surface area contributed by atoms with Crippen LogP contribution in [0.2, 0.25) is 0 Å². The van der Waals surface area contributed by atoms with Crippen LogP contribution in [0.4, 0.5) is 22.7 Å². The number of nitrogens with zero attached hydrogens (tertiary/aromatic N) is 4. The van der Waals surface area contributed by atoms with Crippen molar-refractivity contribution in [2.24, 2.45) is 20.5 Å². The van der Waals surface area contributed by atoms with Gasteiger partial charge in [-0.3, -0.25) is 24.9 Å². The normalized spacial score (nSPS) is 12.1. The fourth-order valence-corrected chi connectivity index (χ4v) is 7.49. The SMILES string of the molecule is CC(=O)O.CC(=O)O.O=C(Nc1ccc(S(=O)(=O)c2ccc(NC(=O)c3cc4ccccc4[c-](N=NC4=CC=C=C[CH-]4)c3=O)cc2)cc1)c1cc2ccccc2c(N=NC2=CC=[C+]C=C2)c1[O-].[Hg+].[Hg+]. The Kier molecular flexibility index (Phi) is 19.7. The summed E-state index contributed by atoms with van der Waals surface area (Å²) in [6, 6.07) is 27.9. The van der Waals surface area contributed by atoms with E-state index < -0.39 is 44.8 Å². The van der Waals surface area contributed by atoms with Crippen molar-refractivity contribution in [1.82, 2.24) is 0 Å². The Bertz CT molecular complexity index is 3350. The zero-order valence-corrected chi connectivity index (χ0v) is 48.6. The van der Waals surface area contributed by atoms with Gasteiger partial charge in [0.25, 0.3) is 17.8 Å².